The first kappa shape index (κ1) is 31.3. The Labute approximate surface area is 250 Å². The zero-order valence-electron chi connectivity index (χ0n) is 24.4. The third-order valence-electron chi connectivity index (χ3n) is 8.48. The van der Waals surface area contributed by atoms with Crippen LogP contribution in [0.5, 0.6) is 0 Å². The van der Waals surface area contributed by atoms with E-state index in [9.17, 15) is 36.2 Å². The van der Waals surface area contributed by atoms with Crippen LogP contribution < -0.4 is 4.90 Å². The summed E-state index contributed by atoms with van der Waals surface area (Å²) in [6, 6.07) is 6.89. The molecule has 7 nitrogen and oxygen atoms in total. The molecule has 1 unspecified atom stereocenters. The fourth-order valence-electron chi connectivity index (χ4n) is 5.80. The summed E-state index contributed by atoms with van der Waals surface area (Å²) in [6.07, 6.45) is -4.37. The van der Waals surface area contributed by atoms with Crippen LogP contribution in [0.3, 0.4) is 0 Å². The van der Waals surface area contributed by atoms with Gasteiger partial charge in [-0.15, -0.1) is 0 Å². The van der Waals surface area contributed by atoms with Crippen molar-refractivity contribution in [2.75, 3.05) is 31.1 Å². The summed E-state index contributed by atoms with van der Waals surface area (Å²) in [7, 11) is 0. The molecule has 0 saturated heterocycles. The monoisotopic (exact) mass is 620 g/mol. The van der Waals surface area contributed by atoms with Gasteiger partial charge in [-0.3, -0.25) is 0 Å². The number of carboxylic acid groups (broad SMARTS) is 1. The molecule has 2 aliphatic heterocycles. The number of benzene rings is 1. The van der Waals surface area contributed by atoms with Gasteiger partial charge in [0.25, 0.3) is 0 Å². The van der Waals surface area contributed by atoms with Crippen LogP contribution >= 0.6 is 0 Å². The topological polar surface area (TPSA) is 82.1 Å². The maximum Gasteiger partial charge on any atom is 0.514 e. The number of anilines is 1. The minimum absolute atomic E-state index is 0.147. The lowest BCUT2D eigenvalue weighted by molar-refractivity contribution is -0.898. The Balaban J connectivity index is 1.51. The Bertz CT molecular complexity index is 1620. The Morgan fingerprint density at radius 3 is 2.18 bits per heavy atom. The van der Waals surface area contributed by atoms with E-state index in [4.69, 9.17) is 4.98 Å². The number of rotatable bonds is 4. The number of amides is 1. The van der Waals surface area contributed by atoms with Crippen molar-refractivity contribution in [3.63, 3.8) is 0 Å². The molecule has 4 heterocycles. The van der Waals surface area contributed by atoms with Crippen molar-refractivity contribution >= 4 is 23.1 Å². The molecule has 5 rings (SSSR count). The van der Waals surface area contributed by atoms with E-state index in [1.54, 1.807) is 6.08 Å². The molecule has 0 bridgehead atoms. The first-order chi connectivity index (χ1) is 20.5. The van der Waals surface area contributed by atoms with E-state index in [2.05, 4.69) is 9.97 Å². The molecule has 2 N–H and O–H groups in total. The van der Waals surface area contributed by atoms with Crippen molar-refractivity contribution in [3.05, 3.63) is 77.4 Å². The minimum atomic E-state index is -4.56. The van der Waals surface area contributed by atoms with Gasteiger partial charge in [-0.05, 0) is 68.7 Å². The Morgan fingerprint density at radius 1 is 0.955 bits per heavy atom. The molecule has 3 aromatic rings. The molecule has 234 valence electrons. The maximum atomic E-state index is 13.6. The number of halogens is 6. The Kier molecular flexibility index (Phi) is 7.90. The summed E-state index contributed by atoms with van der Waals surface area (Å²) >= 11 is 0. The van der Waals surface area contributed by atoms with Crippen LogP contribution in [0.25, 0.3) is 22.4 Å². The second-order valence-electron chi connectivity index (χ2n) is 12.0. The number of pyridine rings is 1. The number of hydrogen-bond acceptors (Lipinski definition) is 4. The average molecular weight is 621 g/mol. The smallest absolute Gasteiger partial charge is 0.435 e. The molecular formula is C31H32F6N5O2+. The van der Waals surface area contributed by atoms with Crippen molar-refractivity contribution in [1.82, 2.24) is 15.0 Å². The van der Waals surface area contributed by atoms with Gasteiger partial charge in [-0.2, -0.15) is 31.1 Å². The van der Waals surface area contributed by atoms with Crippen LogP contribution in [-0.2, 0) is 12.4 Å². The molecular weight excluding hydrogens is 588 g/mol. The van der Waals surface area contributed by atoms with Crippen molar-refractivity contribution in [2.24, 2.45) is 0 Å². The second-order valence-corrected chi connectivity index (χ2v) is 12.0. The van der Waals surface area contributed by atoms with Crippen LogP contribution in [0.2, 0.25) is 0 Å². The number of imidazole rings is 1. The number of carbonyl (C=O) groups is 1. The zero-order chi connectivity index (χ0) is 32.1. The Morgan fingerprint density at radius 2 is 1.66 bits per heavy atom. The number of alkyl halides is 6. The van der Waals surface area contributed by atoms with E-state index in [0.717, 1.165) is 29.3 Å². The number of nitrogens with zero attached hydrogens (tertiary/aromatic N) is 4. The highest BCUT2D eigenvalue weighted by atomic mass is 19.4. The van der Waals surface area contributed by atoms with Gasteiger partial charge in [0.1, 0.15) is 23.7 Å². The van der Waals surface area contributed by atoms with Crippen molar-refractivity contribution in [1.29, 1.82) is 0 Å². The van der Waals surface area contributed by atoms with E-state index >= 15 is 0 Å². The number of quaternary nitrogens is 1. The predicted octanol–water partition coefficient (Wildman–Crippen LogP) is 7.88. The average Bonchev–Trinajstić information content (AvgIpc) is 3.41. The molecule has 0 fully saturated rings. The van der Waals surface area contributed by atoms with E-state index in [0.29, 0.717) is 42.2 Å². The number of nitrogens with one attached hydrogen (secondary N) is 1. The zero-order valence-corrected chi connectivity index (χ0v) is 24.4. The first-order valence-electron chi connectivity index (χ1n) is 14.1. The number of hydrogen-bond donors (Lipinski definition) is 2. The second kappa shape index (κ2) is 11.1. The van der Waals surface area contributed by atoms with Crippen LogP contribution in [0.4, 0.5) is 37.0 Å². The van der Waals surface area contributed by atoms with E-state index in [1.807, 2.05) is 26.8 Å². The molecule has 1 aromatic carbocycles. The molecule has 13 heteroatoms. The lowest BCUT2D eigenvalue weighted by Gasteiger charge is -2.45. The van der Waals surface area contributed by atoms with Gasteiger partial charge >= 0.3 is 18.4 Å². The van der Waals surface area contributed by atoms with Gasteiger partial charge in [-0.1, -0.05) is 18.2 Å². The summed E-state index contributed by atoms with van der Waals surface area (Å²) in [5.41, 5.74) is 0.762. The Hall–Kier alpha value is -4.13. The molecule has 0 spiro atoms. The van der Waals surface area contributed by atoms with Gasteiger partial charge in [0.05, 0.1) is 29.1 Å². The van der Waals surface area contributed by atoms with Crippen LogP contribution in [0, 0.1) is 0 Å². The highest BCUT2D eigenvalue weighted by Gasteiger charge is 2.48. The van der Waals surface area contributed by atoms with Crippen LogP contribution in [-0.4, -0.2) is 62.4 Å². The molecule has 0 saturated carbocycles. The molecule has 2 aromatic heterocycles. The van der Waals surface area contributed by atoms with Gasteiger partial charge in [-0.25, -0.2) is 14.5 Å². The normalized spacial score (nSPS) is 19.9. The largest absolute Gasteiger partial charge is 0.514 e. The fourth-order valence-corrected chi connectivity index (χ4v) is 5.80. The predicted molar refractivity (Wildman–Crippen MR) is 153 cm³/mol. The number of aromatic amines is 1. The summed E-state index contributed by atoms with van der Waals surface area (Å²) in [5.74, 6) is 0.292. The summed E-state index contributed by atoms with van der Waals surface area (Å²) in [6.45, 7) is 6.49. The molecule has 0 radical (unpaired) electrons. The summed E-state index contributed by atoms with van der Waals surface area (Å²) < 4.78 is 80.3. The highest BCUT2D eigenvalue weighted by Crippen LogP contribution is 2.40. The summed E-state index contributed by atoms with van der Waals surface area (Å²) in [5, 5.41) is 10.1. The molecule has 0 aliphatic carbocycles. The van der Waals surface area contributed by atoms with Gasteiger partial charge in [0.2, 0.25) is 0 Å². The lowest BCUT2D eigenvalue weighted by Crippen LogP contribution is -2.64. The highest BCUT2D eigenvalue weighted by molar-refractivity contribution is 5.80. The lowest BCUT2D eigenvalue weighted by atomic mass is 9.93. The SMILES string of the molecule is CC(C)(C)[N+]1(C(=O)O)CC=C(c2[nH]c(C3=CCN(c4ncccc4C(F)(F)F)CC3)nc2-c2ccc(C(F)(F)F)cc2)CC1. The molecule has 44 heavy (non-hydrogen) atoms. The van der Waals surface area contributed by atoms with E-state index in [-0.39, 0.29) is 29.9 Å². The third-order valence-corrected chi connectivity index (χ3v) is 8.48. The molecule has 1 atom stereocenters. The van der Waals surface area contributed by atoms with E-state index < -0.39 is 35.1 Å². The van der Waals surface area contributed by atoms with Crippen molar-refractivity contribution in [3.8, 4) is 11.3 Å². The quantitative estimate of drug-likeness (QED) is 0.229. The number of H-pyrrole nitrogens is 1. The maximum absolute atomic E-state index is 13.6. The van der Waals surface area contributed by atoms with Crippen LogP contribution in [0.1, 0.15) is 56.3 Å². The third kappa shape index (κ3) is 5.84. The van der Waals surface area contributed by atoms with Gasteiger partial charge in [0, 0.05) is 31.3 Å². The van der Waals surface area contributed by atoms with Crippen LogP contribution in [0.15, 0.2) is 54.7 Å². The first-order valence-corrected chi connectivity index (χ1v) is 14.1. The van der Waals surface area contributed by atoms with Crippen molar-refractivity contribution < 1.29 is 40.7 Å². The van der Waals surface area contributed by atoms with Gasteiger partial charge in [0.15, 0.2) is 0 Å². The van der Waals surface area contributed by atoms with Crippen molar-refractivity contribution in [2.45, 2.75) is 51.5 Å². The summed E-state index contributed by atoms with van der Waals surface area (Å²) in [4.78, 5) is 25.9. The molecule has 1 amide bonds. The standard InChI is InChI=1S/C31H31F6N5O2/c1-29(2,3)42(28(43)44)17-12-20(13-18-42)25-24(19-6-8-22(9-7-19)30(32,33)34)39-26(40-25)21-10-15-41(16-11-21)27-23(31(35,36)37)5-4-14-38-27/h4-10,12,14H,11,13,15-18H2,1-3H3,(H-,39,40,43,44)/p+1. The van der Waals surface area contributed by atoms with E-state index in [1.165, 1.54) is 29.3 Å². The fraction of sp³-hybridized carbons (Fsp3) is 0.387. The van der Waals surface area contributed by atoms with Gasteiger partial charge < -0.3 is 15.0 Å². The minimum Gasteiger partial charge on any atom is -0.435 e. The number of aromatic nitrogens is 3. The molecule has 2 aliphatic rings.